The molecule has 2 heterocycles. The molecule has 0 aliphatic carbocycles. The molecule has 2 atom stereocenters. The number of fused-ring (bicyclic) bond motifs is 2. The largest absolute Gasteiger partial charge is 0.312 e. The highest BCUT2D eigenvalue weighted by Gasteiger charge is 2.40. The molecule has 1 aromatic rings. The smallest absolute Gasteiger partial charge is 0.214 e. The van der Waals surface area contributed by atoms with Crippen molar-refractivity contribution in [3.63, 3.8) is 0 Å². The van der Waals surface area contributed by atoms with Crippen molar-refractivity contribution in [2.75, 3.05) is 11.9 Å². The average molecular weight is 313 g/mol. The number of piperidine rings is 1. The van der Waals surface area contributed by atoms with Crippen molar-refractivity contribution < 1.29 is 4.79 Å². The summed E-state index contributed by atoms with van der Waals surface area (Å²) < 4.78 is 0. The Bertz CT molecular complexity index is 509. The quantitative estimate of drug-likeness (QED) is 0.796. The summed E-state index contributed by atoms with van der Waals surface area (Å²) in [5.41, 5.74) is 0.836. The van der Waals surface area contributed by atoms with Gasteiger partial charge < -0.3 is 9.80 Å². The van der Waals surface area contributed by atoms with Crippen LogP contribution in [0.25, 0.3) is 0 Å². The van der Waals surface area contributed by atoms with Crippen LogP contribution in [0, 0.1) is 0 Å². The predicted molar refractivity (Wildman–Crippen MR) is 82.6 cm³/mol. The number of amides is 1. The number of hydrogen-bond donors (Lipinski definition) is 0. The van der Waals surface area contributed by atoms with Crippen molar-refractivity contribution in [2.24, 2.45) is 0 Å². The second-order valence-corrected chi connectivity index (χ2v) is 6.60. The molecule has 108 valence electrons. The van der Waals surface area contributed by atoms with Crippen LogP contribution >= 0.6 is 23.2 Å². The van der Waals surface area contributed by atoms with Crippen molar-refractivity contribution in [3.8, 4) is 0 Å². The van der Waals surface area contributed by atoms with Crippen molar-refractivity contribution in [3.05, 3.63) is 28.2 Å². The van der Waals surface area contributed by atoms with Gasteiger partial charge >= 0.3 is 0 Å². The Hall–Kier alpha value is -0.770. The number of halogens is 2. The molecule has 2 saturated heterocycles. The number of hydrogen-bond acceptors (Lipinski definition) is 2. The molecular formula is C15H18Cl2N2O. The lowest BCUT2D eigenvalue weighted by molar-refractivity contribution is -0.108. The molecule has 2 aliphatic heterocycles. The van der Waals surface area contributed by atoms with E-state index >= 15 is 0 Å². The predicted octanol–water partition coefficient (Wildman–Crippen LogP) is 3.58. The van der Waals surface area contributed by atoms with E-state index in [2.05, 4.69) is 11.9 Å². The molecule has 0 spiro atoms. The molecule has 2 unspecified atom stereocenters. The van der Waals surface area contributed by atoms with Crippen LogP contribution in [0.4, 0.5) is 5.69 Å². The lowest BCUT2D eigenvalue weighted by atomic mass is 9.96. The monoisotopic (exact) mass is 312 g/mol. The van der Waals surface area contributed by atoms with Gasteiger partial charge in [0.2, 0.25) is 6.41 Å². The maximum absolute atomic E-state index is 11.6. The second-order valence-electron chi connectivity index (χ2n) is 5.79. The Labute approximate surface area is 129 Å². The number of carbonyl (C=O) groups excluding carboxylic acids is 1. The highest BCUT2D eigenvalue weighted by molar-refractivity contribution is 6.42. The van der Waals surface area contributed by atoms with Crippen LogP contribution < -0.4 is 4.90 Å². The average Bonchev–Trinajstić information content (AvgIpc) is 2.65. The molecule has 5 heteroatoms. The summed E-state index contributed by atoms with van der Waals surface area (Å²) in [6.45, 7) is 0. The Morgan fingerprint density at radius 3 is 2.40 bits per heavy atom. The van der Waals surface area contributed by atoms with Gasteiger partial charge in [0.05, 0.1) is 10.0 Å². The Morgan fingerprint density at radius 2 is 1.85 bits per heavy atom. The summed E-state index contributed by atoms with van der Waals surface area (Å²) in [6.07, 6.45) is 5.48. The Kier molecular flexibility index (Phi) is 3.93. The van der Waals surface area contributed by atoms with E-state index in [0.717, 1.165) is 24.9 Å². The van der Waals surface area contributed by atoms with Crippen molar-refractivity contribution in [1.29, 1.82) is 0 Å². The number of anilines is 1. The number of benzene rings is 1. The fourth-order valence-corrected chi connectivity index (χ4v) is 3.91. The molecule has 2 aliphatic rings. The van der Waals surface area contributed by atoms with Gasteiger partial charge in [-0.15, -0.1) is 0 Å². The minimum Gasteiger partial charge on any atom is -0.312 e. The molecule has 0 aromatic heterocycles. The molecule has 0 N–H and O–H groups in total. The topological polar surface area (TPSA) is 23.6 Å². The molecule has 1 aromatic carbocycles. The van der Waals surface area contributed by atoms with Gasteiger partial charge in [0.1, 0.15) is 0 Å². The lowest BCUT2D eigenvalue weighted by Gasteiger charge is -2.40. The third-order valence-corrected chi connectivity index (χ3v) is 5.52. The van der Waals surface area contributed by atoms with E-state index in [0.29, 0.717) is 22.1 Å². The van der Waals surface area contributed by atoms with Crippen molar-refractivity contribution in [1.82, 2.24) is 4.90 Å². The van der Waals surface area contributed by atoms with E-state index in [1.165, 1.54) is 12.8 Å². The zero-order valence-electron chi connectivity index (χ0n) is 11.4. The summed E-state index contributed by atoms with van der Waals surface area (Å²) >= 11 is 12.0. The van der Waals surface area contributed by atoms with Gasteiger partial charge in [0.25, 0.3) is 0 Å². The van der Waals surface area contributed by atoms with Gasteiger partial charge in [-0.3, -0.25) is 4.79 Å². The molecule has 2 fully saturated rings. The van der Waals surface area contributed by atoms with Crippen LogP contribution in [-0.2, 0) is 4.79 Å². The van der Waals surface area contributed by atoms with Gasteiger partial charge in [0, 0.05) is 23.8 Å². The van der Waals surface area contributed by atoms with Crippen LogP contribution in [0.1, 0.15) is 25.7 Å². The van der Waals surface area contributed by atoms with E-state index in [1.807, 2.05) is 11.0 Å². The SMILES string of the molecule is CN1C2CCC1CC(N(C=O)c1ccc(Cl)c(Cl)c1)C2. The molecule has 20 heavy (non-hydrogen) atoms. The van der Waals surface area contributed by atoms with Crippen LogP contribution in [-0.4, -0.2) is 36.5 Å². The lowest BCUT2D eigenvalue weighted by Crippen LogP contribution is -2.48. The molecule has 2 bridgehead atoms. The first-order chi connectivity index (χ1) is 9.60. The first-order valence-corrected chi connectivity index (χ1v) is 7.76. The molecule has 3 rings (SSSR count). The standard InChI is InChI=1S/C15H18Cl2N2O/c1-18-10-2-3-11(18)7-13(6-10)19(9-20)12-4-5-14(16)15(17)8-12/h4-5,8-11,13H,2-3,6-7H2,1H3. The number of rotatable bonds is 3. The van der Waals surface area contributed by atoms with Crippen molar-refractivity contribution in [2.45, 2.75) is 43.8 Å². The van der Waals surface area contributed by atoms with E-state index in [9.17, 15) is 4.79 Å². The maximum atomic E-state index is 11.6. The van der Waals surface area contributed by atoms with Gasteiger partial charge in [-0.2, -0.15) is 0 Å². The van der Waals surface area contributed by atoms with Gasteiger partial charge in [-0.25, -0.2) is 0 Å². The summed E-state index contributed by atoms with van der Waals surface area (Å²) in [5.74, 6) is 0. The highest BCUT2D eigenvalue weighted by Crippen LogP contribution is 2.38. The second kappa shape index (κ2) is 5.55. The number of nitrogens with zero attached hydrogens (tertiary/aromatic N) is 2. The highest BCUT2D eigenvalue weighted by atomic mass is 35.5. The minimum atomic E-state index is 0.262. The summed E-state index contributed by atoms with van der Waals surface area (Å²) in [4.78, 5) is 15.8. The third-order valence-electron chi connectivity index (χ3n) is 4.78. The van der Waals surface area contributed by atoms with Crippen LogP contribution in [0.3, 0.4) is 0 Å². The first-order valence-electron chi connectivity index (χ1n) is 7.00. The summed E-state index contributed by atoms with van der Waals surface area (Å²) in [7, 11) is 2.20. The number of carbonyl (C=O) groups is 1. The molecular weight excluding hydrogens is 295 g/mol. The Balaban J connectivity index is 1.83. The van der Waals surface area contributed by atoms with Gasteiger partial charge in [-0.1, -0.05) is 23.2 Å². The molecule has 0 radical (unpaired) electrons. The van der Waals surface area contributed by atoms with Crippen LogP contribution in [0.2, 0.25) is 10.0 Å². The normalized spacial score (nSPS) is 29.4. The summed E-state index contributed by atoms with van der Waals surface area (Å²) in [5, 5.41) is 1.01. The zero-order chi connectivity index (χ0) is 14.3. The first kappa shape index (κ1) is 14.2. The summed E-state index contributed by atoms with van der Waals surface area (Å²) in [6, 6.07) is 6.85. The minimum absolute atomic E-state index is 0.262. The van der Waals surface area contributed by atoms with E-state index < -0.39 is 0 Å². The zero-order valence-corrected chi connectivity index (χ0v) is 12.9. The molecule has 0 saturated carbocycles. The van der Waals surface area contributed by atoms with Gasteiger partial charge in [0.15, 0.2) is 0 Å². The van der Waals surface area contributed by atoms with E-state index in [-0.39, 0.29) is 6.04 Å². The Morgan fingerprint density at radius 1 is 1.20 bits per heavy atom. The molecule has 1 amide bonds. The molecule has 3 nitrogen and oxygen atoms in total. The van der Waals surface area contributed by atoms with Gasteiger partial charge in [-0.05, 0) is 50.9 Å². The maximum Gasteiger partial charge on any atom is 0.214 e. The van der Waals surface area contributed by atoms with Crippen LogP contribution in [0.5, 0.6) is 0 Å². The third kappa shape index (κ3) is 2.43. The van der Waals surface area contributed by atoms with Crippen molar-refractivity contribution >= 4 is 35.3 Å². The van der Waals surface area contributed by atoms with E-state index in [4.69, 9.17) is 23.2 Å². The van der Waals surface area contributed by atoms with Crippen LogP contribution in [0.15, 0.2) is 18.2 Å². The fourth-order valence-electron chi connectivity index (χ4n) is 3.61. The van der Waals surface area contributed by atoms with E-state index in [1.54, 1.807) is 12.1 Å². The fraction of sp³-hybridized carbons (Fsp3) is 0.533.